The Hall–Kier alpha value is -1.22. The molecule has 0 aliphatic rings. The molecule has 0 fully saturated rings. The molecule has 0 heterocycles. The number of hydrogen-bond acceptors (Lipinski definition) is 3. The van der Waals surface area contributed by atoms with Crippen LogP contribution in [-0.4, -0.2) is 5.21 Å². The smallest absolute Gasteiger partial charge is 0.0651 e. The molecule has 0 saturated carbocycles. The van der Waals surface area contributed by atoms with E-state index in [0.717, 1.165) is 5.56 Å². The quantitative estimate of drug-likeness (QED) is 0.406. The molecule has 0 saturated heterocycles. The Balaban J connectivity index is 3.09. The van der Waals surface area contributed by atoms with Crippen LogP contribution in [0.25, 0.3) is 0 Å². The van der Waals surface area contributed by atoms with Gasteiger partial charge in [0.25, 0.3) is 0 Å². The van der Waals surface area contributed by atoms with E-state index in [-0.39, 0.29) is 0 Å². The van der Waals surface area contributed by atoms with E-state index < -0.39 is 0 Å². The monoisotopic (exact) mass is 138 g/mol. The van der Waals surface area contributed by atoms with E-state index in [1.54, 1.807) is 12.1 Å². The summed E-state index contributed by atoms with van der Waals surface area (Å²) in [5, 5.41) is 8.54. The van der Waals surface area contributed by atoms with Crippen molar-refractivity contribution >= 4 is 11.4 Å². The molecular weight excluding hydrogens is 128 g/mol. The van der Waals surface area contributed by atoms with Crippen LogP contribution >= 0.6 is 0 Å². The van der Waals surface area contributed by atoms with Gasteiger partial charge in [0, 0.05) is 5.69 Å². The standard InChI is InChI=1S/C7H10N2O/c1-5-2-3-6(8)4-7(5)9-10/h2-4,9-10H,8H2,1H3. The molecule has 0 aromatic heterocycles. The van der Waals surface area contributed by atoms with Gasteiger partial charge in [-0.05, 0) is 24.6 Å². The van der Waals surface area contributed by atoms with Gasteiger partial charge in [-0.15, -0.1) is 0 Å². The van der Waals surface area contributed by atoms with Gasteiger partial charge >= 0.3 is 0 Å². The van der Waals surface area contributed by atoms with E-state index in [4.69, 9.17) is 10.9 Å². The summed E-state index contributed by atoms with van der Waals surface area (Å²) in [4.78, 5) is 0. The van der Waals surface area contributed by atoms with Gasteiger partial charge in [0.15, 0.2) is 0 Å². The molecule has 0 spiro atoms. The van der Waals surface area contributed by atoms with Gasteiger partial charge in [-0.1, -0.05) is 6.07 Å². The van der Waals surface area contributed by atoms with Crippen LogP contribution in [0.15, 0.2) is 18.2 Å². The van der Waals surface area contributed by atoms with Crippen molar-refractivity contribution in [3.05, 3.63) is 23.8 Å². The Labute approximate surface area is 59.4 Å². The number of benzene rings is 1. The minimum atomic E-state index is 0.641. The number of nitrogens with two attached hydrogens (primary N) is 1. The van der Waals surface area contributed by atoms with Crippen LogP contribution in [0.4, 0.5) is 11.4 Å². The molecule has 54 valence electrons. The first kappa shape index (κ1) is 6.89. The zero-order valence-corrected chi connectivity index (χ0v) is 5.76. The maximum Gasteiger partial charge on any atom is 0.0651 e. The largest absolute Gasteiger partial charge is 0.399 e. The van der Waals surface area contributed by atoms with Crippen molar-refractivity contribution < 1.29 is 5.21 Å². The predicted octanol–water partition coefficient (Wildman–Crippen LogP) is 1.38. The van der Waals surface area contributed by atoms with Crippen molar-refractivity contribution in [3.8, 4) is 0 Å². The van der Waals surface area contributed by atoms with Crippen molar-refractivity contribution in [2.75, 3.05) is 11.2 Å². The third-order valence-corrected chi connectivity index (χ3v) is 1.38. The highest BCUT2D eigenvalue weighted by molar-refractivity contribution is 5.57. The van der Waals surface area contributed by atoms with E-state index in [0.29, 0.717) is 11.4 Å². The SMILES string of the molecule is Cc1ccc(N)cc1NO. The van der Waals surface area contributed by atoms with Gasteiger partial charge in [0.05, 0.1) is 5.69 Å². The van der Waals surface area contributed by atoms with Crippen molar-refractivity contribution in [1.29, 1.82) is 0 Å². The van der Waals surface area contributed by atoms with E-state index in [9.17, 15) is 0 Å². The normalized spacial score (nSPS) is 9.40. The molecule has 1 aromatic rings. The lowest BCUT2D eigenvalue weighted by atomic mass is 10.2. The minimum absolute atomic E-state index is 0.641. The maximum atomic E-state index is 8.54. The highest BCUT2D eigenvalue weighted by Gasteiger charge is 1.94. The van der Waals surface area contributed by atoms with Crippen LogP contribution in [0.1, 0.15) is 5.56 Å². The molecule has 0 aliphatic heterocycles. The zero-order chi connectivity index (χ0) is 7.56. The van der Waals surface area contributed by atoms with Crippen LogP contribution in [0.2, 0.25) is 0 Å². The predicted molar refractivity (Wildman–Crippen MR) is 41.0 cm³/mol. The summed E-state index contributed by atoms with van der Waals surface area (Å²) >= 11 is 0. The molecule has 10 heavy (non-hydrogen) atoms. The first-order chi connectivity index (χ1) is 4.74. The van der Waals surface area contributed by atoms with E-state index >= 15 is 0 Å². The van der Waals surface area contributed by atoms with Crippen molar-refractivity contribution in [1.82, 2.24) is 0 Å². The zero-order valence-electron chi connectivity index (χ0n) is 5.76. The number of anilines is 2. The van der Waals surface area contributed by atoms with Gasteiger partial charge in [-0.2, -0.15) is 0 Å². The van der Waals surface area contributed by atoms with E-state index in [1.165, 1.54) is 0 Å². The molecule has 0 atom stereocenters. The van der Waals surface area contributed by atoms with Crippen molar-refractivity contribution in [3.63, 3.8) is 0 Å². The molecule has 0 radical (unpaired) electrons. The first-order valence-corrected chi connectivity index (χ1v) is 3.00. The van der Waals surface area contributed by atoms with Crippen molar-refractivity contribution in [2.24, 2.45) is 0 Å². The molecule has 1 rings (SSSR count). The van der Waals surface area contributed by atoms with Crippen LogP contribution < -0.4 is 11.2 Å². The fraction of sp³-hybridized carbons (Fsp3) is 0.143. The van der Waals surface area contributed by atoms with Gasteiger partial charge in [-0.3, -0.25) is 10.7 Å². The van der Waals surface area contributed by atoms with Gasteiger partial charge < -0.3 is 5.73 Å². The summed E-state index contributed by atoms with van der Waals surface area (Å²) in [5.74, 6) is 0. The fourth-order valence-electron chi connectivity index (χ4n) is 0.760. The maximum absolute atomic E-state index is 8.54. The fourth-order valence-corrected chi connectivity index (χ4v) is 0.760. The average molecular weight is 138 g/mol. The third kappa shape index (κ3) is 1.19. The van der Waals surface area contributed by atoms with Gasteiger partial charge in [0.1, 0.15) is 0 Å². The Kier molecular flexibility index (Phi) is 1.78. The Morgan fingerprint density at radius 3 is 2.70 bits per heavy atom. The lowest BCUT2D eigenvalue weighted by Crippen LogP contribution is -1.94. The molecule has 0 bridgehead atoms. The van der Waals surface area contributed by atoms with Crippen LogP contribution in [0.5, 0.6) is 0 Å². The number of hydrogen-bond donors (Lipinski definition) is 3. The number of nitrogen functional groups attached to an aromatic ring is 1. The molecular formula is C7H10N2O. The molecule has 0 amide bonds. The topological polar surface area (TPSA) is 58.3 Å². The van der Waals surface area contributed by atoms with E-state index in [2.05, 4.69) is 5.48 Å². The molecule has 0 aliphatic carbocycles. The molecule has 3 nitrogen and oxygen atoms in total. The number of nitrogens with one attached hydrogen (secondary N) is 1. The molecule has 1 aromatic carbocycles. The van der Waals surface area contributed by atoms with Crippen molar-refractivity contribution in [2.45, 2.75) is 6.92 Å². The molecule has 4 N–H and O–H groups in total. The third-order valence-electron chi connectivity index (χ3n) is 1.38. The highest BCUT2D eigenvalue weighted by Crippen LogP contribution is 2.16. The molecule has 3 heteroatoms. The van der Waals surface area contributed by atoms with Gasteiger partial charge in [0.2, 0.25) is 0 Å². The summed E-state index contributed by atoms with van der Waals surface area (Å²) in [6.07, 6.45) is 0. The van der Waals surface area contributed by atoms with Crippen LogP contribution in [-0.2, 0) is 0 Å². The van der Waals surface area contributed by atoms with E-state index in [1.807, 2.05) is 13.0 Å². The summed E-state index contributed by atoms with van der Waals surface area (Å²) < 4.78 is 0. The number of aryl methyl sites for hydroxylation is 1. The highest BCUT2D eigenvalue weighted by atomic mass is 16.5. The van der Waals surface area contributed by atoms with Crippen LogP contribution in [0.3, 0.4) is 0 Å². The summed E-state index contributed by atoms with van der Waals surface area (Å²) in [7, 11) is 0. The first-order valence-electron chi connectivity index (χ1n) is 3.00. The molecule has 0 unspecified atom stereocenters. The second-order valence-corrected chi connectivity index (χ2v) is 2.19. The average Bonchev–Trinajstić information content (AvgIpc) is 1.94. The summed E-state index contributed by atoms with van der Waals surface area (Å²) in [6, 6.07) is 5.30. The van der Waals surface area contributed by atoms with Crippen LogP contribution in [0, 0.1) is 6.92 Å². The Morgan fingerprint density at radius 2 is 2.20 bits per heavy atom. The Morgan fingerprint density at radius 1 is 1.50 bits per heavy atom. The summed E-state index contributed by atoms with van der Waals surface area (Å²) in [5.41, 5.74) is 9.77. The van der Waals surface area contributed by atoms with Gasteiger partial charge in [-0.25, -0.2) is 0 Å². The number of rotatable bonds is 1. The lowest BCUT2D eigenvalue weighted by Gasteiger charge is -2.03. The Bertz CT molecular complexity index is 235. The second kappa shape index (κ2) is 2.58. The second-order valence-electron chi connectivity index (χ2n) is 2.19. The minimum Gasteiger partial charge on any atom is -0.399 e. The lowest BCUT2D eigenvalue weighted by molar-refractivity contribution is 0.388. The summed E-state index contributed by atoms with van der Waals surface area (Å²) in [6.45, 7) is 1.89.